The minimum atomic E-state index is 0.279. The highest BCUT2D eigenvalue weighted by Gasteiger charge is 2.22. The minimum absolute atomic E-state index is 0.279. The van der Waals surface area contributed by atoms with Crippen molar-refractivity contribution in [2.45, 2.75) is 32.6 Å². The molecule has 1 saturated heterocycles. The van der Waals surface area contributed by atoms with E-state index in [1.807, 2.05) is 17.0 Å². The molecule has 2 rings (SSSR count). The summed E-state index contributed by atoms with van der Waals surface area (Å²) >= 11 is 0. The van der Waals surface area contributed by atoms with Gasteiger partial charge in [0.15, 0.2) is 0 Å². The fourth-order valence-corrected chi connectivity index (χ4v) is 2.77. The van der Waals surface area contributed by atoms with Crippen LogP contribution in [0.5, 0.6) is 0 Å². The van der Waals surface area contributed by atoms with Gasteiger partial charge >= 0.3 is 0 Å². The molecule has 0 aromatic heterocycles. The number of aryl methyl sites for hydroxylation is 2. The third-order valence-corrected chi connectivity index (χ3v) is 4.07. The second-order valence-electron chi connectivity index (χ2n) is 5.51. The number of benzene rings is 1. The van der Waals surface area contributed by atoms with Gasteiger partial charge in [-0.05, 0) is 49.8 Å². The van der Waals surface area contributed by atoms with Crippen LogP contribution in [0.4, 0.5) is 0 Å². The number of piperidine rings is 1. The molecule has 1 fully saturated rings. The Balaban J connectivity index is 1.86. The molecule has 1 aromatic carbocycles. The van der Waals surface area contributed by atoms with Crippen molar-refractivity contribution < 1.29 is 4.79 Å². The molecule has 1 unspecified atom stereocenters. The van der Waals surface area contributed by atoms with Gasteiger partial charge in [-0.25, -0.2) is 0 Å². The van der Waals surface area contributed by atoms with Crippen LogP contribution in [0.1, 0.15) is 30.4 Å². The molecule has 3 nitrogen and oxygen atoms in total. The Labute approximate surface area is 115 Å². The number of amides is 1. The molecule has 3 heteroatoms. The van der Waals surface area contributed by atoms with Gasteiger partial charge in [0.2, 0.25) is 5.91 Å². The van der Waals surface area contributed by atoms with Crippen molar-refractivity contribution >= 4 is 5.91 Å². The standard InChI is InChI=1S/C16H24N2O/c1-13-5-2-3-7-15(13)8-9-16(19)18-10-4-6-14(11-17)12-18/h2-3,5,7,14H,4,6,8-12,17H2,1H3. The molecule has 1 atom stereocenters. The van der Waals surface area contributed by atoms with Crippen molar-refractivity contribution in [2.75, 3.05) is 19.6 Å². The molecule has 2 N–H and O–H groups in total. The lowest BCUT2D eigenvalue weighted by Crippen LogP contribution is -2.42. The highest BCUT2D eigenvalue weighted by Crippen LogP contribution is 2.17. The third-order valence-electron chi connectivity index (χ3n) is 4.07. The summed E-state index contributed by atoms with van der Waals surface area (Å²) < 4.78 is 0. The van der Waals surface area contributed by atoms with E-state index < -0.39 is 0 Å². The number of nitrogens with zero attached hydrogens (tertiary/aromatic N) is 1. The smallest absolute Gasteiger partial charge is 0.222 e. The normalized spacial score (nSPS) is 19.5. The molecule has 1 heterocycles. The Kier molecular flexibility index (Phi) is 4.97. The van der Waals surface area contributed by atoms with E-state index in [2.05, 4.69) is 19.1 Å². The maximum absolute atomic E-state index is 12.2. The van der Waals surface area contributed by atoms with E-state index in [1.54, 1.807) is 0 Å². The summed E-state index contributed by atoms with van der Waals surface area (Å²) in [5, 5.41) is 0. The fraction of sp³-hybridized carbons (Fsp3) is 0.562. The van der Waals surface area contributed by atoms with Gasteiger partial charge in [-0.1, -0.05) is 24.3 Å². The number of likely N-dealkylation sites (tertiary alicyclic amines) is 1. The molecular weight excluding hydrogens is 236 g/mol. The number of hydrogen-bond donors (Lipinski definition) is 1. The molecule has 1 aromatic rings. The Morgan fingerprint density at radius 3 is 2.95 bits per heavy atom. The second-order valence-corrected chi connectivity index (χ2v) is 5.51. The van der Waals surface area contributed by atoms with E-state index >= 15 is 0 Å². The number of nitrogens with two attached hydrogens (primary N) is 1. The monoisotopic (exact) mass is 260 g/mol. The Hall–Kier alpha value is -1.35. The summed E-state index contributed by atoms with van der Waals surface area (Å²) in [6.45, 7) is 4.55. The average molecular weight is 260 g/mol. The van der Waals surface area contributed by atoms with Crippen molar-refractivity contribution in [3.8, 4) is 0 Å². The second kappa shape index (κ2) is 6.71. The van der Waals surface area contributed by atoms with Crippen LogP contribution in [0.3, 0.4) is 0 Å². The van der Waals surface area contributed by atoms with E-state index in [4.69, 9.17) is 5.73 Å². The molecule has 1 aliphatic heterocycles. The SMILES string of the molecule is Cc1ccccc1CCC(=O)N1CCCC(CN)C1. The van der Waals surface area contributed by atoms with Gasteiger partial charge in [0.25, 0.3) is 0 Å². The zero-order valence-electron chi connectivity index (χ0n) is 11.8. The highest BCUT2D eigenvalue weighted by atomic mass is 16.2. The Morgan fingerprint density at radius 1 is 1.42 bits per heavy atom. The molecule has 0 bridgehead atoms. The van der Waals surface area contributed by atoms with Crippen molar-refractivity contribution in [1.82, 2.24) is 4.90 Å². The lowest BCUT2D eigenvalue weighted by atomic mass is 9.97. The van der Waals surface area contributed by atoms with Crippen LogP contribution in [-0.4, -0.2) is 30.4 Å². The maximum atomic E-state index is 12.2. The van der Waals surface area contributed by atoms with Crippen LogP contribution >= 0.6 is 0 Å². The van der Waals surface area contributed by atoms with Crippen LogP contribution < -0.4 is 5.73 Å². The first-order chi connectivity index (χ1) is 9.20. The van der Waals surface area contributed by atoms with Crippen molar-refractivity contribution in [3.05, 3.63) is 35.4 Å². The molecule has 0 radical (unpaired) electrons. The van der Waals surface area contributed by atoms with E-state index in [-0.39, 0.29) is 5.91 Å². The summed E-state index contributed by atoms with van der Waals surface area (Å²) in [5.41, 5.74) is 8.27. The van der Waals surface area contributed by atoms with E-state index in [9.17, 15) is 4.79 Å². The molecule has 0 saturated carbocycles. The lowest BCUT2D eigenvalue weighted by molar-refractivity contribution is -0.132. The molecule has 19 heavy (non-hydrogen) atoms. The average Bonchev–Trinajstić information content (AvgIpc) is 2.46. The minimum Gasteiger partial charge on any atom is -0.342 e. The van der Waals surface area contributed by atoms with Crippen LogP contribution in [-0.2, 0) is 11.2 Å². The molecule has 0 spiro atoms. The molecule has 0 aliphatic carbocycles. The summed E-state index contributed by atoms with van der Waals surface area (Å²) in [7, 11) is 0. The molecule has 1 aliphatic rings. The zero-order chi connectivity index (χ0) is 13.7. The Morgan fingerprint density at radius 2 is 2.21 bits per heavy atom. The van der Waals surface area contributed by atoms with Gasteiger partial charge in [0.1, 0.15) is 0 Å². The molecular formula is C16H24N2O. The quantitative estimate of drug-likeness (QED) is 0.901. The first kappa shape index (κ1) is 14.1. The molecule has 104 valence electrons. The van der Waals surface area contributed by atoms with Crippen LogP contribution in [0.15, 0.2) is 24.3 Å². The summed E-state index contributed by atoms with van der Waals surface area (Å²) in [5.74, 6) is 0.776. The van der Waals surface area contributed by atoms with Gasteiger partial charge < -0.3 is 10.6 Å². The van der Waals surface area contributed by atoms with Gasteiger partial charge in [-0.2, -0.15) is 0 Å². The van der Waals surface area contributed by atoms with Gasteiger partial charge in [-0.15, -0.1) is 0 Å². The van der Waals surface area contributed by atoms with Crippen LogP contribution in [0, 0.1) is 12.8 Å². The largest absolute Gasteiger partial charge is 0.342 e. The van der Waals surface area contributed by atoms with Gasteiger partial charge in [-0.3, -0.25) is 4.79 Å². The fourth-order valence-electron chi connectivity index (χ4n) is 2.77. The molecule has 1 amide bonds. The lowest BCUT2D eigenvalue weighted by Gasteiger charge is -2.32. The number of carbonyl (C=O) groups excluding carboxylic acids is 1. The Bertz CT molecular complexity index is 431. The van der Waals surface area contributed by atoms with Crippen molar-refractivity contribution in [1.29, 1.82) is 0 Å². The number of carbonyl (C=O) groups is 1. The predicted molar refractivity (Wildman–Crippen MR) is 77.9 cm³/mol. The first-order valence-electron chi connectivity index (χ1n) is 7.23. The number of hydrogen-bond acceptors (Lipinski definition) is 2. The summed E-state index contributed by atoms with van der Waals surface area (Å²) in [6.07, 6.45) is 3.72. The summed E-state index contributed by atoms with van der Waals surface area (Å²) in [4.78, 5) is 14.2. The highest BCUT2D eigenvalue weighted by molar-refractivity contribution is 5.76. The van der Waals surface area contributed by atoms with E-state index in [1.165, 1.54) is 11.1 Å². The number of rotatable bonds is 4. The van der Waals surface area contributed by atoms with Gasteiger partial charge in [0, 0.05) is 19.5 Å². The third kappa shape index (κ3) is 3.80. The first-order valence-corrected chi connectivity index (χ1v) is 7.23. The van der Waals surface area contributed by atoms with E-state index in [0.29, 0.717) is 18.9 Å². The van der Waals surface area contributed by atoms with Crippen molar-refractivity contribution in [2.24, 2.45) is 11.7 Å². The topological polar surface area (TPSA) is 46.3 Å². The maximum Gasteiger partial charge on any atom is 0.222 e. The van der Waals surface area contributed by atoms with Crippen molar-refractivity contribution in [3.63, 3.8) is 0 Å². The van der Waals surface area contributed by atoms with Crippen LogP contribution in [0.25, 0.3) is 0 Å². The van der Waals surface area contributed by atoms with Gasteiger partial charge in [0.05, 0.1) is 0 Å². The predicted octanol–water partition coefficient (Wildman–Crippen LogP) is 2.12. The summed E-state index contributed by atoms with van der Waals surface area (Å²) in [6, 6.07) is 8.29. The van der Waals surface area contributed by atoms with Crippen LogP contribution in [0.2, 0.25) is 0 Å². The zero-order valence-corrected chi connectivity index (χ0v) is 11.8. The van der Waals surface area contributed by atoms with E-state index in [0.717, 1.165) is 32.4 Å².